The van der Waals surface area contributed by atoms with Crippen LogP contribution in [0.25, 0.3) is 0 Å². The van der Waals surface area contributed by atoms with Crippen LogP contribution < -0.4 is 5.43 Å². The maximum atomic E-state index is 11.8. The summed E-state index contributed by atoms with van der Waals surface area (Å²) in [7, 11) is 0. The highest BCUT2D eigenvalue weighted by Crippen LogP contribution is 2.47. The molecule has 2 saturated carbocycles. The van der Waals surface area contributed by atoms with Crippen LogP contribution in [0.3, 0.4) is 0 Å². The third-order valence-electron chi connectivity index (χ3n) is 2.83. The maximum Gasteiger partial charge on any atom is 0.257 e. The number of halogens is 2. The molecule has 74 valence electrons. The van der Waals surface area contributed by atoms with E-state index in [1.165, 1.54) is 19.3 Å². The van der Waals surface area contributed by atoms with Crippen LogP contribution in [0.2, 0.25) is 0 Å². The second-order valence-corrected chi connectivity index (χ2v) is 3.85. The highest BCUT2D eigenvalue weighted by Gasteiger charge is 2.43. The van der Waals surface area contributed by atoms with E-state index in [0.717, 1.165) is 18.1 Å². The molecular weight excluding hydrogens is 174 g/mol. The minimum absolute atomic E-state index is 0.319. The first-order valence-electron chi connectivity index (χ1n) is 4.85. The molecule has 0 aromatic heterocycles. The summed E-state index contributed by atoms with van der Waals surface area (Å²) >= 11 is 0. The first kappa shape index (κ1) is 8.91. The minimum atomic E-state index is -2.30. The highest BCUT2D eigenvalue weighted by molar-refractivity contribution is 5.89. The fourth-order valence-corrected chi connectivity index (χ4v) is 2.06. The van der Waals surface area contributed by atoms with Gasteiger partial charge in [0.25, 0.3) is 6.43 Å². The molecule has 0 heterocycles. The molecule has 13 heavy (non-hydrogen) atoms. The average Bonchev–Trinajstić information content (AvgIpc) is 2.82. The molecular formula is C9H14F2N2. The van der Waals surface area contributed by atoms with Crippen molar-refractivity contribution in [2.24, 2.45) is 16.9 Å². The van der Waals surface area contributed by atoms with Gasteiger partial charge in [0.15, 0.2) is 0 Å². The summed E-state index contributed by atoms with van der Waals surface area (Å²) < 4.78 is 23.5. The predicted molar refractivity (Wildman–Crippen MR) is 46.9 cm³/mol. The van der Waals surface area contributed by atoms with Crippen molar-refractivity contribution in [2.75, 3.05) is 6.54 Å². The van der Waals surface area contributed by atoms with Gasteiger partial charge in [0.1, 0.15) is 0 Å². The largest absolute Gasteiger partial charge is 0.304 e. The van der Waals surface area contributed by atoms with Gasteiger partial charge < -0.3 is 5.43 Å². The Bertz CT molecular complexity index is 216. The van der Waals surface area contributed by atoms with E-state index >= 15 is 0 Å². The van der Waals surface area contributed by atoms with E-state index in [9.17, 15) is 8.78 Å². The quantitative estimate of drug-likeness (QED) is 0.673. The molecule has 0 aromatic rings. The monoisotopic (exact) mass is 188 g/mol. The molecule has 2 fully saturated rings. The van der Waals surface area contributed by atoms with Crippen LogP contribution in [0.4, 0.5) is 8.78 Å². The zero-order valence-corrected chi connectivity index (χ0v) is 7.47. The van der Waals surface area contributed by atoms with Gasteiger partial charge in [0.05, 0.1) is 6.54 Å². The lowest BCUT2D eigenvalue weighted by atomic mass is 9.99. The molecule has 2 aliphatic carbocycles. The van der Waals surface area contributed by atoms with Gasteiger partial charge in [0.2, 0.25) is 0 Å². The number of hydrogen-bond donors (Lipinski definition) is 1. The SMILES string of the molecule is FC(F)CN/N=C1/CCC[C@H]2C[C@@H]12. The van der Waals surface area contributed by atoms with Crippen molar-refractivity contribution in [3.8, 4) is 0 Å². The smallest absolute Gasteiger partial charge is 0.257 e. The lowest BCUT2D eigenvalue weighted by molar-refractivity contribution is 0.146. The molecule has 4 heteroatoms. The summed E-state index contributed by atoms with van der Waals surface area (Å²) in [6, 6.07) is 0. The van der Waals surface area contributed by atoms with E-state index in [1.54, 1.807) is 0 Å². The average molecular weight is 188 g/mol. The Morgan fingerprint density at radius 3 is 3.15 bits per heavy atom. The number of nitrogens with zero attached hydrogens (tertiary/aromatic N) is 1. The minimum Gasteiger partial charge on any atom is -0.304 e. The van der Waals surface area contributed by atoms with Gasteiger partial charge in [-0.3, -0.25) is 0 Å². The molecule has 1 N–H and O–H groups in total. The Hall–Kier alpha value is -0.670. The number of hydrogen-bond acceptors (Lipinski definition) is 2. The molecule has 0 aliphatic heterocycles. The van der Waals surface area contributed by atoms with Gasteiger partial charge in [0, 0.05) is 11.6 Å². The van der Waals surface area contributed by atoms with E-state index in [2.05, 4.69) is 10.5 Å². The van der Waals surface area contributed by atoms with Crippen molar-refractivity contribution in [1.82, 2.24) is 5.43 Å². The molecule has 0 radical (unpaired) electrons. The predicted octanol–water partition coefficient (Wildman–Crippen LogP) is 2.02. The van der Waals surface area contributed by atoms with Gasteiger partial charge in [-0.2, -0.15) is 5.10 Å². The third-order valence-corrected chi connectivity index (χ3v) is 2.83. The Morgan fingerprint density at radius 1 is 1.54 bits per heavy atom. The van der Waals surface area contributed by atoms with Crippen LogP contribution >= 0.6 is 0 Å². The van der Waals surface area contributed by atoms with Gasteiger partial charge in [-0.1, -0.05) is 0 Å². The van der Waals surface area contributed by atoms with Crippen molar-refractivity contribution in [3.63, 3.8) is 0 Å². The van der Waals surface area contributed by atoms with E-state index in [4.69, 9.17) is 0 Å². The second-order valence-electron chi connectivity index (χ2n) is 3.85. The van der Waals surface area contributed by atoms with Crippen molar-refractivity contribution in [1.29, 1.82) is 0 Å². The van der Waals surface area contributed by atoms with Crippen LogP contribution in [0.5, 0.6) is 0 Å². The first-order chi connectivity index (χ1) is 6.27. The first-order valence-corrected chi connectivity index (χ1v) is 4.85. The Morgan fingerprint density at radius 2 is 2.38 bits per heavy atom. The summed E-state index contributed by atoms with van der Waals surface area (Å²) in [4.78, 5) is 0. The summed E-state index contributed by atoms with van der Waals surface area (Å²) in [5.41, 5.74) is 3.57. The number of alkyl halides is 2. The lowest BCUT2D eigenvalue weighted by Crippen LogP contribution is -2.20. The van der Waals surface area contributed by atoms with Crippen LogP contribution in [0.15, 0.2) is 5.10 Å². The normalized spacial score (nSPS) is 34.8. The van der Waals surface area contributed by atoms with Crippen molar-refractivity contribution in [2.45, 2.75) is 32.1 Å². The molecule has 2 rings (SSSR count). The maximum absolute atomic E-state index is 11.8. The van der Waals surface area contributed by atoms with E-state index in [1.807, 2.05) is 0 Å². The molecule has 0 spiro atoms. The Balaban J connectivity index is 1.78. The topological polar surface area (TPSA) is 24.4 Å². The third kappa shape index (κ3) is 2.17. The molecule has 0 amide bonds. The lowest BCUT2D eigenvalue weighted by Gasteiger charge is -2.11. The summed E-state index contributed by atoms with van der Waals surface area (Å²) in [5, 5.41) is 4.03. The molecule has 0 unspecified atom stereocenters. The van der Waals surface area contributed by atoms with Gasteiger partial charge in [-0.05, 0) is 31.6 Å². The van der Waals surface area contributed by atoms with Gasteiger partial charge >= 0.3 is 0 Å². The number of hydrazone groups is 1. The molecule has 0 saturated heterocycles. The molecule has 2 nitrogen and oxygen atoms in total. The van der Waals surface area contributed by atoms with Crippen LogP contribution in [-0.4, -0.2) is 18.7 Å². The summed E-state index contributed by atoms with van der Waals surface area (Å²) in [5.74, 6) is 1.44. The van der Waals surface area contributed by atoms with Crippen LogP contribution in [0, 0.1) is 11.8 Å². The second kappa shape index (κ2) is 3.60. The number of fused-ring (bicyclic) bond motifs is 1. The van der Waals surface area contributed by atoms with Crippen molar-refractivity contribution in [3.05, 3.63) is 0 Å². The fourth-order valence-electron chi connectivity index (χ4n) is 2.06. The van der Waals surface area contributed by atoms with Crippen LogP contribution in [0.1, 0.15) is 25.7 Å². The molecule has 2 aliphatic rings. The van der Waals surface area contributed by atoms with Crippen LogP contribution in [-0.2, 0) is 0 Å². The summed E-state index contributed by atoms with van der Waals surface area (Å²) in [6.07, 6.45) is 2.41. The van der Waals surface area contributed by atoms with Gasteiger partial charge in [-0.25, -0.2) is 8.78 Å². The van der Waals surface area contributed by atoms with E-state index in [0.29, 0.717) is 5.92 Å². The Labute approximate surface area is 76.4 Å². The standard InChI is InChI=1S/C9H14F2N2/c10-9(11)5-12-13-8-3-1-2-6-4-7(6)8/h6-7,9,12H,1-5H2/b13-8-/t6-,7+/m0/s1. The van der Waals surface area contributed by atoms with Gasteiger partial charge in [-0.15, -0.1) is 0 Å². The van der Waals surface area contributed by atoms with E-state index < -0.39 is 6.43 Å². The molecule has 2 atom stereocenters. The molecule has 0 aromatic carbocycles. The fraction of sp³-hybridized carbons (Fsp3) is 0.889. The zero-order valence-electron chi connectivity index (χ0n) is 7.47. The Kier molecular flexibility index (Phi) is 2.47. The van der Waals surface area contributed by atoms with Crippen molar-refractivity contribution < 1.29 is 8.78 Å². The summed E-state index contributed by atoms with van der Waals surface area (Å²) in [6.45, 7) is -0.319. The number of nitrogens with one attached hydrogen (secondary N) is 1. The molecule has 0 bridgehead atoms. The number of rotatable bonds is 3. The highest BCUT2D eigenvalue weighted by atomic mass is 19.3. The zero-order chi connectivity index (χ0) is 9.26. The van der Waals surface area contributed by atoms with E-state index in [-0.39, 0.29) is 6.54 Å². The van der Waals surface area contributed by atoms with Crippen molar-refractivity contribution >= 4 is 5.71 Å².